The predicted molar refractivity (Wildman–Crippen MR) is 67.1 cm³/mol. The molecule has 1 rings (SSSR count). The van der Waals surface area contributed by atoms with Gasteiger partial charge < -0.3 is 11.1 Å². The molecule has 0 fully saturated rings. The van der Waals surface area contributed by atoms with E-state index in [9.17, 15) is 4.79 Å². The Labute approximate surface area is 97.0 Å². The largest absolute Gasteiger partial charge is 0.326 e. The summed E-state index contributed by atoms with van der Waals surface area (Å²) in [6.45, 7) is 5.78. The third-order valence-electron chi connectivity index (χ3n) is 2.87. The molecule has 1 aromatic rings. The lowest BCUT2D eigenvalue weighted by Gasteiger charge is -2.18. The molecule has 16 heavy (non-hydrogen) atoms. The summed E-state index contributed by atoms with van der Waals surface area (Å²) in [6, 6.07) is 7.79. The molecule has 1 aromatic carbocycles. The average molecular weight is 220 g/mol. The quantitative estimate of drug-likeness (QED) is 0.819. The molecule has 0 aliphatic carbocycles. The minimum absolute atomic E-state index is 0.0565. The monoisotopic (exact) mass is 220 g/mol. The van der Waals surface area contributed by atoms with Gasteiger partial charge in [-0.1, -0.05) is 32.4 Å². The zero-order valence-electron chi connectivity index (χ0n) is 10.2. The number of nitrogens with two attached hydrogens (primary N) is 1. The van der Waals surface area contributed by atoms with E-state index in [0.717, 1.165) is 17.7 Å². The minimum atomic E-state index is -0.0565. The summed E-state index contributed by atoms with van der Waals surface area (Å²) in [4.78, 5) is 10.9. The molecule has 0 radical (unpaired) electrons. The van der Waals surface area contributed by atoms with Gasteiger partial charge in [0.15, 0.2) is 0 Å². The summed E-state index contributed by atoms with van der Waals surface area (Å²) < 4.78 is 0. The van der Waals surface area contributed by atoms with Gasteiger partial charge in [0, 0.05) is 18.7 Å². The highest BCUT2D eigenvalue weighted by molar-refractivity contribution is 5.88. The lowest BCUT2D eigenvalue weighted by molar-refractivity contribution is -0.114. The molecule has 0 saturated carbocycles. The maximum absolute atomic E-state index is 10.9. The predicted octanol–water partition coefficient (Wildman–Crippen LogP) is 2.69. The Bertz CT molecular complexity index is 345. The van der Waals surface area contributed by atoms with Gasteiger partial charge in [0.05, 0.1) is 0 Å². The molecule has 2 atom stereocenters. The van der Waals surface area contributed by atoms with Crippen LogP contribution >= 0.6 is 0 Å². The van der Waals surface area contributed by atoms with Crippen LogP contribution in [0.4, 0.5) is 5.69 Å². The molecule has 0 saturated heterocycles. The number of anilines is 1. The van der Waals surface area contributed by atoms with Crippen molar-refractivity contribution in [2.75, 3.05) is 5.32 Å². The van der Waals surface area contributed by atoms with E-state index in [4.69, 9.17) is 5.73 Å². The molecule has 88 valence electrons. The highest BCUT2D eigenvalue weighted by Crippen LogP contribution is 2.22. The van der Waals surface area contributed by atoms with Crippen LogP contribution in [0.3, 0.4) is 0 Å². The van der Waals surface area contributed by atoms with Gasteiger partial charge in [-0.2, -0.15) is 0 Å². The second-order valence-electron chi connectivity index (χ2n) is 4.21. The van der Waals surface area contributed by atoms with Crippen LogP contribution < -0.4 is 11.1 Å². The first-order valence-corrected chi connectivity index (χ1v) is 5.67. The summed E-state index contributed by atoms with van der Waals surface area (Å²) in [7, 11) is 0. The van der Waals surface area contributed by atoms with Crippen molar-refractivity contribution >= 4 is 11.6 Å². The molecule has 3 nitrogen and oxygen atoms in total. The van der Waals surface area contributed by atoms with Gasteiger partial charge >= 0.3 is 0 Å². The molecule has 0 bridgehead atoms. The van der Waals surface area contributed by atoms with E-state index < -0.39 is 0 Å². The lowest BCUT2D eigenvalue weighted by atomic mass is 9.93. The Hall–Kier alpha value is -1.35. The Morgan fingerprint density at radius 3 is 2.38 bits per heavy atom. The van der Waals surface area contributed by atoms with Crippen molar-refractivity contribution < 1.29 is 4.79 Å². The van der Waals surface area contributed by atoms with Crippen LogP contribution in [0.25, 0.3) is 0 Å². The fourth-order valence-electron chi connectivity index (χ4n) is 1.57. The van der Waals surface area contributed by atoms with E-state index in [1.54, 1.807) is 0 Å². The van der Waals surface area contributed by atoms with Crippen molar-refractivity contribution in [3.05, 3.63) is 29.8 Å². The first-order valence-electron chi connectivity index (χ1n) is 5.67. The molecular formula is C13H20N2O. The Morgan fingerprint density at radius 1 is 1.38 bits per heavy atom. The molecule has 3 heteroatoms. The molecule has 0 heterocycles. The average Bonchev–Trinajstić information content (AvgIpc) is 2.27. The summed E-state index contributed by atoms with van der Waals surface area (Å²) >= 11 is 0. The van der Waals surface area contributed by atoms with Gasteiger partial charge in [-0.25, -0.2) is 0 Å². The number of carbonyl (C=O) groups excluding carboxylic acids is 1. The third kappa shape index (κ3) is 3.35. The molecular weight excluding hydrogens is 200 g/mol. The first kappa shape index (κ1) is 12.7. The van der Waals surface area contributed by atoms with E-state index in [0.29, 0.717) is 5.92 Å². The van der Waals surface area contributed by atoms with Gasteiger partial charge in [0.25, 0.3) is 0 Å². The molecule has 0 aromatic heterocycles. The molecule has 3 N–H and O–H groups in total. The van der Waals surface area contributed by atoms with Crippen LogP contribution in [0.1, 0.15) is 38.8 Å². The summed E-state index contributed by atoms with van der Waals surface area (Å²) in [5, 5.41) is 2.73. The van der Waals surface area contributed by atoms with Gasteiger partial charge in [0.1, 0.15) is 0 Å². The van der Waals surface area contributed by atoms with Gasteiger partial charge in [-0.3, -0.25) is 4.79 Å². The summed E-state index contributed by atoms with van der Waals surface area (Å²) in [5.74, 6) is 0.408. The summed E-state index contributed by atoms with van der Waals surface area (Å²) in [5.41, 5.74) is 8.04. The molecule has 0 spiro atoms. The van der Waals surface area contributed by atoms with Gasteiger partial charge in [0.2, 0.25) is 5.91 Å². The number of hydrogen-bond acceptors (Lipinski definition) is 2. The Morgan fingerprint density at radius 2 is 1.94 bits per heavy atom. The van der Waals surface area contributed by atoms with E-state index in [1.165, 1.54) is 6.92 Å². The number of benzene rings is 1. The maximum atomic E-state index is 10.9. The normalized spacial score (nSPS) is 14.2. The van der Waals surface area contributed by atoms with Crippen molar-refractivity contribution in [1.29, 1.82) is 0 Å². The van der Waals surface area contributed by atoms with Crippen LogP contribution in [0.15, 0.2) is 24.3 Å². The highest BCUT2D eigenvalue weighted by Gasteiger charge is 2.12. The van der Waals surface area contributed by atoms with Crippen molar-refractivity contribution in [3.63, 3.8) is 0 Å². The van der Waals surface area contributed by atoms with Crippen LogP contribution in [-0.4, -0.2) is 5.91 Å². The highest BCUT2D eigenvalue weighted by atomic mass is 16.1. The zero-order chi connectivity index (χ0) is 12.1. The third-order valence-corrected chi connectivity index (χ3v) is 2.87. The summed E-state index contributed by atoms with van der Waals surface area (Å²) in [6.07, 6.45) is 1.06. The van der Waals surface area contributed by atoms with E-state index in [-0.39, 0.29) is 11.9 Å². The number of hydrogen-bond donors (Lipinski definition) is 2. The van der Waals surface area contributed by atoms with Crippen LogP contribution in [0.5, 0.6) is 0 Å². The van der Waals surface area contributed by atoms with Crippen molar-refractivity contribution in [1.82, 2.24) is 0 Å². The zero-order valence-corrected chi connectivity index (χ0v) is 10.2. The first-order chi connectivity index (χ1) is 7.54. The number of amides is 1. The second-order valence-corrected chi connectivity index (χ2v) is 4.21. The Balaban J connectivity index is 2.74. The molecule has 1 amide bonds. The standard InChI is InChI=1S/C13H20N2O/c1-4-9(2)13(14)11-5-7-12(8-6-11)15-10(3)16/h5-9,13H,4,14H2,1-3H3,(H,15,16)/t9?,13-/m1/s1. The number of carbonyl (C=O) groups is 1. The topological polar surface area (TPSA) is 55.1 Å². The van der Waals surface area contributed by atoms with E-state index >= 15 is 0 Å². The second kappa shape index (κ2) is 5.66. The van der Waals surface area contributed by atoms with Crippen molar-refractivity contribution in [2.45, 2.75) is 33.2 Å². The fourth-order valence-corrected chi connectivity index (χ4v) is 1.57. The maximum Gasteiger partial charge on any atom is 0.221 e. The lowest BCUT2D eigenvalue weighted by Crippen LogP contribution is -2.18. The van der Waals surface area contributed by atoms with E-state index in [1.807, 2.05) is 24.3 Å². The van der Waals surface area contributed by atoms with Gasteiger partial charge in [-0.15, -0.1) is 0 Å². The smallest absolute Gasteiger partial charge is 0.221 e. The number of rotatable bonds is 4. The fraction of sp³-hybridized carbons (Fsp3) is 0.462. The van der Waals surface area contributed by atoms with Crippen LogP contribution in [0.2, 0.25) is 0 Å². The van der Waals surface area contributed by atoms with Crippen molar-refractivity contribution in [2.24, 2.45) is 11.7 Å². The van der Waals surface area contributed by atoms with Crippen molar-refractivity contribution in [3.8, 4) is 0 Å². The van der Waals surface area contributed by atoms with Crippen LogP contribution in [-0.2, 0) is 4.79 Å². The van der Waals surface area contributed by atoms with Crippen LogP contribution in [0, 0.1) is 5.92 Å². The number of nitrogens with one attached hydrogen (secondary N) is 1. The Kier molecular flexibility index (Phi) is 4.50. The van der Waals surface area contributed by atoms with Gasteiger partial charge in [-0.05, 0) is 23.6 Å². The molecule has 1 unspecified atom stereocenters. The minimum Gasteiger partial charge on any atom is -0.326 e. The molecule has 0 aliphatic heterocycles. The molecule has 0 aliphatic rings. The van der Waals surface area contributed by atoms with E-state index in [2.05, 4.69) is 19.2 Å². The SMILES string of the molecule is CCC(C)[C@@H](N)c1ccc(NC(C)=O)cc1.